The van der Waals surface area contributed by atoms with Crippen LogP contribution in [0.2, 0.25) is 0 Å². The van der Waals surface area contributed by atoms with Crippen LogP contribution in [0.5, 0.6) is 0 Å². The highest BCUT2D eigenvalue weighted by Crippen LogP contribution is 2.29. The van der Waals surface area contributed by atoms with E-state index < -0.39 is 60.0 Å². The molecule has 15 heteroatoms. The van der Waals surface area contributed by atoms with Gasteiger partial charge in [-0.2, -0.15) is 0 Å². The molecule has 15 nitrogen and oxygen atoms in total. The summed E-state index contributed by atoms with van der Waals surface area (Å²) in [4.78, 5) is 67.7. The van der Waals surface area contributed by atoms with E-state index in [2.05, 4.69) is 15.5 Å². The SMILES string of the molecule is CO[C@H]1/C=C/C=C(/C)C(=O)NC2=CC(=O)C(NC(=O)OCCCCCCCN3CCOCC3)=C(C[C@@H](C)C[C@H](OC)[C@H](O)[C@@H](C)/C=C(\C)[C@@H]1OC(N)=O)C2=O. The van der Waals surface area contributed by atoms with Crippen LogP contribution in [0.25, 0.3) is 0 Å². The van der Waals surface area contributed by atoms with Gasteiger partial charge in [0.25, 0.3) is 5.91 Å². The maximum absolute atomic E-state index is 13.9. The van der Waals surface area contributed by atoms with Crippen LogP contribution >= 0.6 is 0 Å². The van der Waals surface area contributed by atoms with Gasteiger partial charge in [0.1, 0.15) is 6.10 Å². The molecule has 306 valence electrons. The maximum Gasteiger partial charge on any atom is 0.411 e. The fourth-order valence-corrected chi connectivity index (χ4v) is 6.82. The summed E-state index contributed by atoms with van der Waals surface area (Å²) in [5.41, 5.74) is 5.64. The summed E-state index contributed by atoms with van der Waals surface area (Å²) in [5.74, 6) is -2.82. The Labute approximate surface area is 324 Å². The van der Waals surface area contributed by atoms with Crippen molar-refractivity contribution >= 4 is 29.7 Å². The second-order valence-electron chi connectivity index (χ2n) is 14.4. The molecule has 3 rings (SSSR count). The number of methoxy groups -OCH3 is 2. The molecule has 2 bridgehead atoms. The number of carbonyl (C=O) groups excluding carboxylic acids is 5. The monoisotopic (exact) mass is 772 g/mol. The number of morpholine rings is 1. The summed E-state index contributed by atoms with van der Waals surface area (Å²) in [6.07, 6.45) is 6.83. The second-order valence-corrected chi connectivity index (χ2v) is 14.4. The van der Waals surface area contributed by atoms with Crippen molar-refractivity contribution in [2.75, 3.05) is 53.7 Å². The number of amides is 3. The number of unbranched alkanes of at least 4 members (excludes halogenated alkanes) is 4. The molecule has 0 aromatic heterocycles. The molecule has 0 aromatic rings. The molecule has 0 unspecified atom stereocenters. The number of hydrogen-bond donors (Lipinski definition) is 4. The average Bonchev–Trinajstić information content (AvgIpc) is 3.15. The maximum atomic E-state index is 13.9. The normalized spacial score (nSPS) is 28.9. The third kappa shape index (κ3) is 14.5. The van der Waals surface area contributed by atoms with Crippen LogP contribution in [0.15, 0.2) is 58.5 Å². The summed E-state index contributed by atoms with van der Waals surface area (Å²) < 4.78 is 27.4. The van der Waals surface area contributed by atoms with Crippen molar-refractivity contribution in [2.45, 2.75) is 97.1 Å². The van der Waals surface area contributed by atoms with Gasteiger partial charge in [0.2, 0.25) is 11.6 Å². The van der Waals surface area contributed by atoms with Crippen molar-refractivity contribution in [3.05, 3.63) is 58.5 Å². The van der Waals surface area contributed by atoms with Crippen molar-refractivity contribution in [1.29, 1.82) is 0 Å². The van der Waals surface area contributed by atoms with Crippen LogP contribution in [0, 0.1) is 11.8 Å². The van der Waals surface area contributed by atoms with E-state index in [1.54, 1.807) is 26.0 Å². The van der Waals surface area contributed by atoms with E-state index >= 15 is 0 Å². The Kier molecular flexibility index (Phi) is 19.0. The molecule has 2 aliphatic heterocycles. The van der Waals surface area contributed by atoms with Crippen LogP contribution in [0.4, 0.5) is 9.59 Å². The molecule has 55 heavy (non-hydrogen) atoms. The van der Waals surface area contributed by atoms with Gasteiger partial charge in [-0.15, -0.1) is 0 Å². The second kappa shape index (κ2) is 23.0. The number of nitrogens with two attached hydrogens (primary N) is 1. The molecule has 3 aliphatic rings. The van der Waals surface area contributed by atoms with Gasteiger partial charge in [-0.05, 0) is 57.6 Å². The Balaban J connectivity index is 1.79. The Bertz CT molecular complexity index is 1510. The smallest absolute Gasteiger partial charge is 0.411 e. The highest BCUT2D eigenvalue weighted by molar-refractivity contribution is 6.24. The van der Waals surface area contributed by atoms with E-state index in [0.29, 0.717) is 12.0 Å². The number of aliphatic hydroxyl groups excluding tert-OH is 1. The minimum Gasteiger partial charge on any atom is -0.449 e. The lowest BCUT2D eigenvalue weighted by atomic mass is 9.85. The molecule has 0 spiro atoms. The van der Waals surface area contributed by atoms with E-state index in [1.807, 2.05) is 6.92 Å². The molecule has 1 fully saturated rings. The molecule has 0 radical (unpaired) electrons. The predicted molar refractivity (Wildman–Crippen MR) is 204 cm³/mol. The molecule has 0 aromatic carbocycles. The molecule has 3 amide bonds. The molecule has 1 aliphatic carbocycles. The van der Waals surface area contributed by atoms with Crippen LogP contribution in [-0.2, 0) is 38.1 Å². The highest BCUT2D eigenvalue weighted by Gasteiger charge is 2.34. The number of nitrogens with one attached hydrogen (secondary N) is 2. The first-order valence-electron chi connectivity index (χ1n) is 19.1. The number of allylic oxidation sites excluding steroid dienone is 4. The topological polar surface area (TPSA) is 205 Å². The van der Waals surface area contributed by atoms with Gasteiger partial charge < -0.3 is 39.8 Å². The fraction of sp³-hybridized carbons (Fsp3) is 0.625. The summed E-state index contributed by atoms with van der Waals surface area (Å²) in [7, 11) is 2.88. The number of carbonyl (C=O) groups is 5. The molecule has 5 N–H and O–H groups in total. The Morgan fingerprint density at radius 2 is 1.73 bits per heavy atom. The number of alkyl carbamates (subject to hydrolysis) is 1. The van der Waals surface area contributed by atoms with Gasteiger partial charge in [-0.3, -0.25) is 24.6 Å². The zero-order chi connectivity index (χ0) is 40.5. The van der Waals surface area contributed by atoms with E-state index in [9.17, 15) is 29.1 Å². The lowest BCUT2D eigenvalue weighted by molar-refractivity contribution is -0.120. The summed E-state index contributed by atoms with van der Waals surface area (Å²) in [5, 5.41) is 16.4. The average molecular weight is 773 g/mol. The molecule has 0 saturated carbocycles. The van der Waals surface area contributed by atoms with Gasteiger partial charge in [0.15, 0.2) is 6.10 Å². The quantitative estimate of drug-likeness (QED) is 0.127. The molecule has 2 heterocycles. The third-order valence-corrected chi connectivity index (χ3v) is 9.98. The van der Waals surface area contributed by atoms with Gasteiger partial charge >= 0.3 is 12.2 Å². The highest BCUT2D eigenvalue weighted by atomic mass is 16.6. The number of primary amides is 1. The summed E-state index contributed by atoms with van der Waals surface area (Å²) in [6.45, 7) is 11.5. The number of ketones is 2. The first-order chi connectivity index (χ1) is 26.2. The van der Waals surface area contributed by atoms with E-state index in [4.69, 9.17) is 29.4 Å². The number of fused-ring (bicyclic) bond motifs is 2. The van der Waals surface area contributed by atoms with Crippen molar-refractivity contribution in [2.24, 2.45) is 17.6 Å². The largest absolute Gasteiger partial charge is 0.449 e. The number of ether oxygens (including phenoxy) is 5. The minimum absolute atomic E-state index is 0.00512. The fourth-order valence-electron chi connectivity index (χ4n) is 6.82. The van der Waals surface area contributed by atoms with E-state index in [0.717, 1.165) is 64.6 Å². The first kappa shape index (κ1) is 45.2. The number of aliphatic hydroxyl groups is 1. The lowest BCUT2D eigenvalue weighted by Gasteiger charge is -2.30. The van der Waals surface area contributed by atoms with Crippen molar-refractivity contribution in [3.63, 3.8) is 0 Å². The third-order valence-electron chi connectivity index (χ3n) is 9.98. The predicted octanol–water partition coefficient (Wildman–Crippen LogP) is 3.77. The van der Waals surface area contributed by atoms with Crippen molar-refractivity contribution in [1.82, 2.24) is 15.5 Å². The number of hydrogen-bond acceptors (Lipinski definition) is 12. The molecular weight excluding hydrogens is 712 g/mol. The van der Waals surface area contributed by atoms with E-state index in [-0.39, 0.29) is 47.9 Å². The van der Waals surface area contributed by atoms with Crippen LogP contribution < -0.4 is 16.4 Å². The zero-order valence-electron chi connectivity index (χ0n) is 33.1. The summed E-state index contributed by atoms with van der Waals surface area (Å²) >= 11 is 0. The van der Waals surface area contributed by atoms with Gasteiger partial charge in [0.05, 0.1) is 43.4 Å². The van der Waals surface area contributed by atoms with Crippen LogP contribution in [0.1, 0.15) is 72.6 Å². The van der Waals surface area contributed by atoms with Gasteiger partial charge in [-0.1, -0.05) is 57.4 Å². The Hall–Kier alpha value is -4.15. The van der Waals surface area contributed by atoms with Gasteiger partial charge in [-0.25, -0.2) is 9.59 Å². The molecule has 1 saturated heterocycles. The van der Waals surface area contributed by atoms with Crippen LogP contribution in [-0.4, -0.2) is 118 Å². The minimum atomic E-state index is -1.04. The molecular formula is C40H60N4O11. The molecule has 6 atom stereocenters. The van der Waals surface area contributed by atoms with E-state index in [1.165, 1.54) is 33.3 Å². The number of rotatable bonds is 12. The number of nitrogens with zero attached hydrogens (tertiary/aromatic N) is 1. The Morgan fingerprint density at radius 3 is 2.40 bits per heavy atom. The summed E-state index contributed by atoms with van der Waals surface area (Å²) in [6, 6.07) is 0. The van der Waals surface area contributed by atoms with Crippen LogP contribution in [0.3, 0.4) is 0 Å². The van der Waals surface area contributed by atoms with Crippen molar-refractivity contribution in [3.8, 4) is 0 Å². The lowest BCUT2D eigenvalue weighted by Crippen LogP contribution is -2.38. The number of Topliss-reactive ketones (excluding diaryl/α,β-unsaturated/α-hetero) is 1. The van der Waals surface area contributed by atoms with Crippen molar-refractivity contribution < 1.29 is 52.8 Å². The van der Waals surface area contributed by atoms with Gasteiger partial charge in [0, 0.05) is 50.4 Å². The standard InChI is InChI=1S/C40H60N4O11/c1-25-21-29-34(43-40(50)54-18-11-9-7-8-10-15-44-16-19-53-20-17-44)31(45)24-30(36(29)47)42-38(48)26(2)13-12-14-32(51-5)37(55-39(41)49)28(4)23-27(3)35(46)33(22-25)52-6/h12-14,23-25,27,32-33,35,37,46H,7-11,15-22H2,1-6H3,(H2,41,49)(H,42,48)(H,43,50)/b14-12+,26-13-,28-23+/t25-,27+,32+,33+,35-,37+/m1/s1. The first-order valence-corrected chi connectivity index (χ1v) is 19.1. The Morgan fingerprint density at radius 1 is 1.04 bits per heavy atom. The zero-order valence-corrected chi connectivity index (χ0v) is 33.1.